The van der Waals surface area contributed by atoms with Gasteiger partial charge in [-0.2, -0.15) is 0 Å². The summed E-state index contributed by atoms with van der Waals surface area (Å²) in [7, 11) is -1.39. The van der Waals surface area contributed by atoms with Crippen LogP contribution < -0.4 is 5.73 Å². The molecule has 0 aliphatic carbocycles. The molecule has 0 aliphatic heterocycles. The Morgan fingerprint density at radius 2 is 2.00 bits per heavy atom. The molecule has 2 aromatic rings. The number of nitro groups is 1. The first-order valence-corrected chi connectivity index (χ1v) is 7.34. The Balaban J connectivity index is 2.23. The summed E-state index contributed by atoms with van der Waals surface area (Å²) in [6.07, 6.45) is 0. The van der Waals surface area contributed by atoms with Gasteiger partial charge >= 0.3 is 0 Å². The topological polar surface area (TPSA) is 86.2 Å². The molecule has 0 spiro atoms. The van der Waals surface area contributed by atoms with Crippen molar-refractivity contribution in [1.82, 2.24) is 0 Å². The van der Waals surface area contributed by atoms with Crippen molar-refractivity contribution in [3.63, 3.8) is 0 Å². The number of rotatable bonds is 4. The van der Waals surface area contributed by atoms with E-state index >= 15 is 0 Å². The first kappa shape index (κ1) is 14.5. The molecule has 104 valence electrons. The Hall–Kier alpha value is -1.92. The molecule has 0 saturated carbocycles. The van der Waals surface area contributed by atoms with Crippen molar-refractivity contribution >= 4 is 33.8 Å². The van der Waals surface area contributed by atoms with Gasteiger partial charge in [0.05, 0.1) is 31.4 Å². The van der Waals surface area contributed by atoms with Crippen molar-refractivity contribution in [2.75, 3.05) is 5.73 Å². The smallest absolute Gasteiger partial charge is 0.269 e. The van der Waals surface area contributed by atoms with Crippen molar-refractivity contribution < 1.29 is 9.13 Å². The summed E-state index contributed by atoms with van der Waals surface area (Å²) >= 11 is 5.99. The summed E-state index contributed by atoms with van der Waals surface area (Å²) in [4.78, 5) is 10.7. The maximum absolute atomic E-state index is 12.2. The molecule has 7 heteroatoms. The van der Waals surface area contributed by atoms with Gasteiger partial charge in [-0.1, -0.05) is 23.7 Å². The van der Waals surface area contributed by atoms with Crippen LogP contribution in [0.25, 0.3) is 0 Å². The molecule has 2 rings (SSSR count). The molecule has 20 heavy (non-hydrogen) atoms. The van der Waals surface area contributed by atoms with Crippen LogP contribution in [-0.2, 0) is 16.6 Å². The van der Waals surface area contributed by atoms with Gasteiger partial charge in [0.15, 0.2) is 0 Å². The molecular formula is C13H11ClN2O3S. The van der Waals surface area contributed by atoms with Gasteiger partial charge < -0.3 is 5.73 Å². The van der Waals surface area contributed by atoms with Gasteiger partial charge in [0.25, 0.3) is 5.69 Å². The third kappa shape index (κ3) is 3.34. The third-order valence-corrected chi connectivity index (χ3v) is 4.49. The predicted molar refractivity (Wildman–Crippen MR) is 79.1 cm³/mol. The van der Waals surface area contributed by atoms with Crippen LogP contribution >= 0.6 is 11.6 Å². The van der Waals surface area contributed by atoms with Crippen molar-refractivity contribution in [3.8, 4) is 0 Å². The van der Waals surface area contributed by atoms with E-state index in [9.17, 15) is 14.3 Å². The molecule has 5 nitrogen and oxygen atoms in total. The van der Waals surface area contributed by atoms with Crippen molar-refractivity contribution in [2.24, 2.45) is 0 Å². The van der Waals surface area contributed by atoms with Gasteiger partial charge in [0.1, 0.15) is 0 Å². The molecule has 1 unspecified atom stereocenters. The van der Waals surface area contributed by atoms with Crippen LogP contribution in [0.5, 0.6) is 0 Å². The number of benzene rings is 2. The highest BCUT2D eigenvalue weighted by Gasteiger charge is 2.12. The average molecular weight is 311 g/mol. The molecular weight excluding hydrogens is 300 g/mol. The lowest BCUT2D eigenvalue weighted by atomic mass is 10.2. The van der Waals surface area contributed by atoms with E-state index in [-0.39, 0.29) is 11.4 Å². The minimum atomic E-state index is -1.39. The van der Waals surface area contributed by atoms with Crippen LogP contribution in [0.15, 0.2) is 47.4 Å². The van der Waals surface area contributed by atoms with Crippen molar-refractivity contribution in [2.45, 2.75) is 10.6 Å². The van der Waals surface area contributed by atoms with E-state index in [2.05, 4.69) is 0 Å². The highest BCUT2D eigenvalue weighted by Crippen LogP contribution is 2.25. The molecule has 1 atom stereocenters. The van der Waals surface area contributed by atoms with Crippen LogP contribution in [0, 0.1) is 10.1 Å². The van der Waals surface area contributed by atoms with E-state index in [1.807, 2.05) is 0 Å². The molecule has 0 heterocycles. The summed E-state index contributed by atoms with van der Waals surface area (Å²) in [6, 6.07) is 10.8. The van der Waals surface area contributed by atoms with Crippen LogP contribution in [0.1, 0.15) is 5.56 Å². The number of anilines is 1. The summed E-state index contributed by atoms with van der Waals surface area (Å²) < 4.78 is 12.2. The second-order valence-electron chi connectivity index (χ2n) is 4.11. The molecule has 0 amide bonds. The average Bonchev–Trinajstić information content (AvgIpc) is 2.38. The Labute approximate surface area is 123 Å². The normalized spacial score (nSPS) is 12.1. The van der Waals surface area contributed by atoms with Crippen LogP contribution in [0.3, 0.4) is 0 Å². The number of hydrogen-bond acceptors (Lipinski definition) is 4. The first-order chi connectivity index (χ1) is 9.47. The number of nitrogens with two attached hydrogens (primary N) is 1. The van der Waals surface area contributed by atoms with Gasteiger partial charge in [0, 0.05) is 17.8 Å². The van der Waals surface area contributed by atoms with Gasteiger partial charge in [0.2, 0.25) is 0 Å². The van der Waals surface area contributed by atoms with E-state index in [0.717, 1.165) is 0 Å². The number of non-ortho nitro benzene ring substituents is 1. The summed E-state index contributed by atoms with van der Waals surface area (Å²) in [5, 5.41) is 11.0. The quantitative estimate of drug-likeness (QED) is 0.534. The lowest BCUT2D eigenvalue weighted by molar-refractivity contribution is -0.384. The fourth-order valence-corrected chi connectivity index (χ4v) is 3.27. The SMILES string of the molecule is Nc1ccc(S(=O)Cc2cccc([N+](=O)[O-])c2)c(Cl)c1. The first-order valence-electron chi connectivity index (χ1n) is 5.64. The number of hydrogen-bond donors (Lipinski definition) is 1. The lowest BCUT2D eigenvalue weighted by Crippen LogP contribution is -1.99. The Kier molecular flexibility index (Phi) is 4.36. The lowest BCUT2D eigenvalue weighted by Gasteiger charge is -2.05. The van der Waals surface area contributed by atoms with Crippen LogP contribution in [0.2, 0.25) is 5.02 Å². The largest absolute Gasteiger partial charge is 0.399 e. The van der Waals surface area contributed by atoms with Gasteiger partial charge in [-0.25, -0.2) is 0 Å². The molecule has 0 fully saturated rings. The summed E-state index contributed by atoms with van der Waals surface area (Å²) in [5.74, 6) is 0.158. The second-order valence-corrected chi connectivity index (χ2v) is 5.93. The summed E-state index contributed by atoms with van der Waals surface area (Å²) in [6.45, 7) is 0. The molecule has 0 saturated heterocycles. The van der Waals surface area contributed by atoms with Crippen molar-refractivity contribution in [1.29, 1.82) is 0 Å². The Morgan fingerprint density at radius 1 is 1.25 bits per heavy atom. The molecule has 2 aromatic carbocycles. The molecule has 0 radical (unpaired) electrons. The number of halogens is 1. The molecule has 0 bridgehead atoms. The van der Waals surface area contributed by atoms with Gasteiger partial charge in [-0.05, 0) is 23.8 Å². The number of nitrogens with zero attached hydrogens (tertiary/aromatic N) is 1. The van der Waals surface area contributed by atoms with E-state index in [1.54, 1.807) is 24.3 Å². The minimum absolute atomic E-state index is 0.0251. The highest BCUT2D eigenvalue weighted by molar-refractivity contribution is 7.84. The zero-order valence-electron chi connectivity index (χ0n) is 10.3. The standard InChI is InChI=1S/C13H11ClN2O3S/c14-12-7-10(15)4-5-13(12)20(19)8-9-2-1-3-11(6-9)16(17)18/h1-7H,8,15H2. The fraction of sp³-hybridized carbons (Fsp3) is 0.0769. The van der Waals surface area contributed by atoms with E-state index in [4.69, 9.17) is 17.3 Å². The highest BCUT2D eigenvalue weighted by atomic mass is 35.5. The Morgan fingerprint density at radius 3 is 2.65 bits per heavy atom. The van der Waals surface area contributed by atoms with Crippen LogP contribution in [0.4, 0.5) is 11.4 Å². The summed E-state index contributed by atoms with van der Waals surface area (Å²) in [5.41, 5.74) is 6.66. The second kappa shape index (κ2) is 6.02. The molecule has 2 N–H and O–H groups in total. The molecule has 0 aromatic heterocycles. The van der Waals surface area contributed by atoms with Gasteiger partial charge in [-0.15, -0.1) is 0 Å². The van der Waals surface area contributed by atoms with E-state index in [1.165, 1.54) is 18.2 Å². The number of nitrogen functional groups attached to an aromatic ring is 1. The number of nitro benzene ring substituents is 1. The maximum Gasteiger partial charge on any atom is 0.269 e. The fourth-order valence-electron chi connectivity index (χ4n) is 1.69. The van der Waals surface area contributed by atoms with Crippen molar-refractivity contribution in [3.05, 3.63) is 63.2 Å². The molecule has 0 aliphatic rings. The van der Waals surface area contributed by atoms with Gasteiger partial charge in [-0.3, -0.25) is 14.3 Å². The Bertz CT molecular complexity index is 691. The van der Waals surface area contributed by atoms with E-state index in [0.29, 0.717) is 21.2 Å². The van der Waals surface area contributed by atoms with Crippen LogP contribution in [-0.4, -0.2) is 9.13 Å². The predicted octanol–water partition coefficient (Wildman–Crippen LogP) is 3.14. The third-order valence-electron chi connectivity index (χ3n) is 2.62. The monoisotopic (exact) mass is 310 g/mol. The zero-order valence-corrected chi connectivity index (χ0v) is 11.9. The minimum Gasteiger partial charge on any atom is -0.399 e. The van der Waals surface area contributed by atoms with E-state index < -0.39 is 15.7 Å². The zero-order chi connectivity index (χ0) is 14.7. The maximum atomic E-state index is 12.2.